The van der Waals surface area contributed by atoms with Gasteiger partial charge >= 0.3 is 19.9 Å². The minimum absolute atomic E-state index is 0.229. The number of nitrogens with zero attached hydrogens (tertiary/aromatic N) is 2. The van der Waals surface area contributed by atoms with Gasteiger partial charge in [-0.25, -0.2) is 9.79 Å². The predicted molar refractivity (Wildman–Crippen MR) is 76.7 cm³/mol. The second kappa shape index (κ2) is 5.81. The third kappa shape index (κ3) is 2.93. The number of carbonyl (C=O) groups excluding carboxylic acids is 3. The molecule has 1 spiro atoms. The van der Waals surface area contributed by atoms with Gasteiger partial charge in [-0.2, -0.15) is 19.2 Å². The number of hydrogen-bond donors (Lipinski definition) is 7. The van der Waals surface area contributed by atoms with E-state index in [9.17, 15) is 19.5 Å². The summed E-state index contributed by atoms with van der Waals surface area (Å²) in [5.74, 6) is -2.36. The molecule has 8 N–H and O–H groups in total. The van der Waals surface area contributed by atoms with Gasteiger partial charge in [-0.15, -0.1) is 0 Å². The minimum atomic E-state index is -4.55. The van der Waals surface area contributed by atoms with Crippen molar-refractivity contribution in [3.05, 3.63) is 0 Å². The molecule has 0 radical (unpaired) electrons. The predicted octanol–water partition coefficient (Wildman–Crippen LogP) is -4.17. The quantitative estimate of drug-likeness (QED) is 0.142. The molecule has 15 heteroatoms. The number of hydrogen-bond acceptors (Lipinski definition) is 11. The van der Waals surface area contributed by atoms with Gasteiger partial charge in [0.05, 0.1) is 6.10 Å². The van der Waals surface area contributed by atoms with Crippen LogP contribution in [-0.4, -0.2) is 79.2 Å². The Morgan fingerprint density at radius 2 is 1.96 bits per heavy atom. The zero-order valence-electron chi connectivity index (χ0n) is 12.4. The molecule has 3 aliphatic heterocycles. The maximum Gasteiger partial charge on any atom is 0.567 e. The van der Waals surface area contributed by atoms with Crippen molar-refractivity contribution in [1.29, 1.82) is 0 Å². The summed E-state index contributed by atoms with van der Waals surface area (Å²) in [5, 5.41) is 14.0. The highest BCUT2D eigenvalue weighted by Crippen LogP contribution is 2.46. The molecule has 14 nitrogen and oxygen atoms in total. The van der Waals surface area contributed by atoms with Crippen LogP contribution in [0.2, 0.25) is 0 Å². The van der Waals surface area contributed by atoms with Crippen LogP contribution in [0.3, 0.4) is 0 Å². The highest BCUT2D eigenvalue weighted by molar-refractivity contribution is 7.53. The molecule has 0 aliphatic carbocycles. The summed E-state index contributed by atoms with van der Waals surface area (Å²) >= 11 is 0. The number of guanidine groups is 1. The second-order valence-corrected chi connectivity index (χ2v) is 6.78. The summed E-state index contributed by atoms with van der Waals surface area (Å²) in [6, 6.07) is -0.981. The lowest BCUT2D eigenvalue weighted by atomic mass is 10.1. The Hall–Kier alpha value is -1.93. The van der Waals surface area contributed by atoms with Crippen LogP contribution in [0.25, 0.3) is 0 Å². The van der Waals surface area contributed by atoms with Crippen molar-refractivity contribution < 1.29 is 43.4 Å². The van der Waals surface area contributed by atoms with Crippen LogP contribution in [0.4, 0.5) is 4.79 Å². The molecule has 3 aliphatic rings. The molecule has 138 valence electrons. The van der Waals surface area contributed by atoms with Gasteiger partial charge in [0.1, 0.15) is 18.9 Å². The molecule has 2 fully saturated rings. The molecule has 0 aromatic heterocycles. The molecule has 0 aromatic rings. The SMILES string of the molecule is NC1=N[C@]2(C(=O)NC(=O)N2[C@H]2C[C@H](O)[C@@H](CO[P+](O)(O)O)O2)C(=O)N1. The van der Waals surface area contributed by atoms with Crippen LogP contribution in [0.1, 0.15) is 6.42 Å². The van der Waals surface area contributed by atoms with Crippen molar-refractivity contribution in [2.24, 2.45) is 10.7 Å². The highest BCUT2D eigenvalue weighted by atomic mass is 31.2. The summed E-state index contributed by atoms with van der Waals surface area (Å²) in [5.41, 5.74) is 3.12. The Morgan fingerprint density at radius 1 is 1.32 bits per heavy atom. The Balaban J connectivity index is 1.82. The first-order chi connectivity index (χ1) is 11.5. The summed E-state index contributed by atoms with van der Waals surface area (Å²) in [7, 11) is -4.55. The van der Waals surface area contributed by atoms with Gasteiger partial charge in [-0.05, 0) is 0 Å². The summed E-state index contributed by atoms with van der Waals surface area (Å²) < 4.78 is 9.75. The minimum Gasteiger partial charge on any atom is -0.390 e. The van der Waals surface area contributed by atoms with E-state index in [0.29, 0.717) is 4.90 Å². The lowest BCUT2D eigenvalue weighted by molar-refractivity contribution is -0.145. The molecule has 4 amide bonds. The van der Waals surface area contributed by atoms with Crippen LogP contribution in [0, 0.1) is 0 Å². The van der Waals surface area contributed by atoms with Crippen LogP contribution < -0.4 is 16.4 Å². The van der Waals surface area contributed by atoms with Gasteiger partial charge in [0, 0.05) is 6.42 Å². The standard InChI is InChI=1S/C10H14N5O9P/c11-8-12-6(17)10(14-8)7(18)13-9(19)15(10)5-1-3(16)4(24-5)2-23-25(20,21)22/h3-5,16,20-22H,1-2H2,(H3-,11,12,13,14,17,18,19)/p+1/t3-,4+,5+,10+/m0/s1. The fraction of sp³-hybridized carbons (Fsp3) is 0.600. The van der Waals surface area contributed by atoms with Crippen LogP contribution >= 0.6 is 8.17 Å². The first-order valence-corrected chi connectivity index (χ1v) is 8.48. The Morgan fingerprint density at radius 3 is 2.52 bits per heavy atom. The average molecular weight is 380 g/mol. The number of amides is 4. The zero-order chi connectivity index (χ0) is 18.6. The summed E-state index contributed by atoms with van der Waals surface area (Å²) in [6.07, 6.45) is -3.91. The molecular weight excluding hydrogens is 365 g/mol. The molecule has 3 heterocycles. The van der Waals surface area contributed by atoms with Crippen molar-refractivity contribution >= 4 is 32.0 Å². The van der Waals surface area contributed by atoms with E-state index in [2.05, 4.69) is 14.8 Å². The Labute approximate surface area is 139 Å². The fourth-order valence-corrected chi connectivity index (χ4v) is 3.16. The van der Waals surface area contributed by atoms with Crippen molar-refractivity contribution in [2.75, 3.05) is 6.61 Å². The van der Waals surface area contributed by atoms with Crippen molar-refractivity contribution in [3.8, 4) is 0 Å². The van der Waals surface area contributed by atoms with Crippen molar-refractivity contribution in [3.63, 3.8) is 0 Å². The monoisotopic (exact) mass is 380 g/mol. The lowest BCUT2D eigenvalue weighted by Crippen LogP contribution is -2.58. The van der Waals surface area contributed by atoms with E-state index in [1.54, 1.807) is 0 Å². The molecule has 0 unspecified atom stereocenters. The van der Waals surface area contributed by atoms with E-state index < -0.39 is 56.7 Å². The number of rotatable bonds is 4. The molecule has 0 saturated carbocycles. The molecule has 3 rings (SSSR count). The number of urea groups is 1. The third-order valence-electron chi connectivity index (χ3n) is 3.85. The highest BCUT2D eigenvalue weighted by Gasteiger charge is 2.65. The molecule has 25 heavy (non-hydrogen) atoms. The number of aliphatic imine (C=N–C) groups is 1. The average Bonchev–Trinajstić information content (AvgIpc) is 3.04. The lowest BCUT2D eigenvalue weighted by Gasteiger charge is -2.30. The Kier molecular flexibility index (Phi) is 4.15. The third-order valence-corrected chi connectivity index (χ3v) is 4.34. The number of nitrogens with one attached hydrogen (secondary N) is 2. The number of carbonyl (C=O) groups is 3. The first-order valence-electron chi connectivity index (χ1n) is 6.91. The number of ether oxygens (including phenoxy) is 1. The van der Waals surface area contributed by atoms with E-state index in [0.717, 1.165) is 0 Å². The van der Waals surface area contributed by atoms with Gasteiger partial charge in [0.25, 0.3) is 11.8 Å². The van der Waals surface area contributed by atoms with E-state index >= 15 is 0 Å². The number of nitrogens with two attached hydrogens (primary N) is 1. The van der Waals surface area contributed by atoms with Crippen molar-refractivity contribution in [2.45, 2.75) is 30.5 Å². The van der Waals surface area contributed by atoms with E-state index in [-0.39, 0.29) is 12.4 Å². The van der Waals surface area contributed by atoms with Crippen LogP contribution in [0.5, 0.6) is 0 Å². The van der Waals surface area contributed by atoms with E-state index in [1.807, 2.05) is 5.32 Å². The van der Waals surface area contributed by atoms with Gasteiger partial charge in [-0.3, -0.25) is 25.1 Å². The first kappa shape index (κ1) is 17.9. The second-order valence-electron chi connectivity index (χ2n) is 5.49. The fourth-order valence-electron chi connectivity index (χ4n) is 2.81. The molecule has 0 aromatic carbocycles. The molecule has 4 atom stereocenters. The van der Waals surface area contributed by atoms with E-state index in [4.69, 9.17) is 25.2 Å². The summed E-state index contributed by atoms with van der Waals surface area (Å²) in [6.45, 7) is -0.608. The largest absolute Gasteiger partial charge is 0.567 e. The summed E-state index contributed by atoms with van der Waals surface area (Å²) in [4.78, 5) is 67.2. The number of imide groups is 1. The molecular formula is C10H15N5O9P+. The molecule has 0 bridgehead atoms. The Bertz CT molecular complexity index is 666. The van der Waals surface area contributed by atoms with Gasteiger partial charge < -0.3 is 15.6 Å². The number of aliphatic hydroxyl groups excluding tert-OH is 1. The van der Waals surface area contributed by atoms with Crippen molar-refractivity contribution in [1.82, 2.24) is 15.5 Å². The van der Waals surface area contributed by atoms with E-state index in [1.165, 1.54) is 0 Å². The molecule has 2 saturated heterocycles. The normalized spacial score (nSPS) is 35.4. The smallest absolute Gasteiger partial charge is 0.390 e. The van der Waals surface area contributed by atoms with Gasteiger partial charge in [-0.1, -0.05) is 0 Å². The van der Waals surface area contributed by atoms with Gasteiger partial charge in [0.15, 0.2) is 5.96 Å². The maximum absolute atomic E-state index is 12.2. The maximum atomic E-state index is 12.2. The zero-order valence-corrected chi connectivity index (χ0v) is 13.3. The van der Waals surface area contributed by atoms with Crippen LogP contribution in [0.15, 0.2) is 4.99 Å². The van der Waals surface area contributed by atoms with Crippen LogP contribution in [-0.2, 0) is 18.8 Å². The topological polar surface area (TPSA) is 216 Å². The number of aliphatic hydroxyl groups is 1. The van der Waals surface area contributed by atoms with Gasteiger partial charge in [0.2, 0.25) is 0 Å².